The van der Waals surface area contributed by atoms with Crippen LogP contribution in [-0.2, 0) is 0 Å². The first kappa shape index (κ1) is 13.3. The molecular formula is C10H21N5S. The van der Waals surface area contributed by atoms with Crippen molar-refractivity contribution in [1.29, 1.82) is 0 Å². The van der Waals surface area contributed by atoms with Crippen LogP contribution < -0.4 is 11.2 Å². The van der Waals surface area contributed by atoms with E-state index in [1.54, 1.807) is 16.8 Å². The van der Waals surface area contributed by atoms with Gasteiger partial charge in [0.05, 0.1) is 0 Å². The van der Waals surface area contributed by atoms with E-state index in [4.69, 9.17) is 5.84 Å². The van der Waals surface area contributed by atoms with Crippen LogP contribution in [0.3, 0.4) is 0 Å². The number of aliphatic imine (C=N–C) groups is 2. The molecule has 0 fully saturated rings. The Labute approximate surface area is 102 Å². The average Bonchev–Trinajstić information content (AvgIpc) is 2.19. The molecule has 3 N–H and O–H groups in total. The predicted octanol–water partition coefficient (Wildman–Crippen LogP) is 1.37. The van der Waals surface area contributed by atoms with E-state index >= 15 is 0 Å². The van der Waals surface area contributed by atoms with Crippen molar-refractivity contribution in [1.82, 2.24) is 10.3 Å². The summed E-state index contributed by atoms with van der Waals surface area (Å²) in [5, 5.41) is 4.87. The third-order valence-corrected chi connectivity index (χ3v) is 2.74. The summed E-state index contributed by atoms with van der Waals surface area (Å²) in [5.41, 5.74) is -0.146. The molecule has 1 rings (SSSR count). The topological polar surface area (TPSA) is 66.0 Å². The maximum atomic E-state index is 5.97. The van der Waals surface area contributed by atoms with Gasteiger partial charge in [0.2, 0.25) is 5.96 Å². The minimum Gasteiger partial charge on any atom is -0.350 e. The minimum absolute atomic E-state index is 0.0599. The second-order valence-electron chi connectivity index (χ2n) is 4.68. The Morgan fingerprint density at radius 1 is 1.50 bits per heavy atom. The molecular weight excluding hydrogens is 222 g/mol. The highest BCUT2D eigenvalue weighted by molar-refractivity contribution is 7.99. The van der Waals surface area contributed by atoms with Crippen molar-refractivity contribution in [2.75, 3.05) is 6.26 Å². The maximum absolute atomic E-state index is 5.97. The Morgan fingerprint density at radius 2 is 2.12 bits per heavy atom. The molecule has 0 aliphatic carbocycles. The molecule has 16 heavy (non-hydrogen) atoms. The molecule has 0 saturated heterocycles. The highest BCUT2D eigenvalue weighted by Gasteiger charge is 2.25. The monoisotopic (exact) mass is 243 g/mol. The van der Waals surface area contributed by atoms with E-state index in [1.807, 2.05) is 13.2 Å². The van der Waals surface area contributed by atoms with Crippen molar-refractivity contribution in [3.63, 3.8) is 0 Å². The van der Waals surface area contributed by atoms with Gasteiger partial charge in [-0.1, -0.05) is 6.92 Å². The number of nitrogens with two attached hydrogens (primary N) is 1. The molecule has 1 aliphatic heterocycles. The lowest BCUT2D eigenvalue weighted by molar-refractivity contribution is 0.374. The third-order valence-electron chi connectivity index (χ3n) is 1.99. The normalized spacial score (nSPS) is 21.6. The zero-order chi connectivity index (χ0) is 12.3. The van der Waals surface area contributed by atoms with Gasteiger partial charge in [-0.25, -0.2) is 15.8 Å². The number of hydrazine groups is 1. The fraction of sp³-hybridized carbons (Fsp3) is 0.800. The van der Waals surface area contributed by atoms with Crippen LogP contribution in [0.2, 0.25) is 0 Å². The number of hydrogen-bond donors (Lipinski definition) is 2. The van der Waals surface area contributed by atoms with Crippen LogP contribution in [0.25, 0.3) is 0 Å². The van der Waals surface area contributed by atoms with Crippen molar-refractivity contribution in [2.24, 2.45) is 15.8 Å². The molecule has 1 unspecified atom stereocenters. The molecule has 1 heterocycles. The van der Waals surface area contributed by atoms with Crippen molar-refractivity contribution in [2.45, 2.75) is 45.2 Å². The predicted molar refractivity (Wildman–Crippen MR) is 71.4 cm³/mol. The molecule has 0 saturated carbocycles. The Kier molecular flexibility index (Phi) is 4.21. The summed E-state index contributed by atoms with van der Waals surface area (Å²) >= 11 is 1.60. The first-order valence-electron chi connectivity index (χ1n) is 5.37. The lowest BCUT2D eigenvalue weighted by Gasteiger charge is -2.33. The van der Waals surface area contributed by atoms with Crippen molar-refractivity contribution < 1.29 is 0 Å². The number of nitrogens with one attached hydrogen (secondary N) is 1. The highest BCUT2D eigenvalue weighted by atomic mass is 32.2. The lowest BCUT2D eigenvalue weighted by atomic mass is 10.1. The van der Waals surface area contributed by atoms with E-state index in [1.165, 1.54) is 0 Å². The van der Waals surface area contributed by atoms with Gasteiger partial charge in [0.25, 0.3) is 0 Å². The fourth-order valence-electron chi connectivity index (χ4n) is 1.27. The van der Waals surface area contributed by atoms with Crippen molar-refractivity contribution in [3.8, 4) is 0 Å². The third kappa shape index (κ3) is 3.38. The van der Waals surface area contributed by atoms with E-state index in [9.17, 15) is 0 Å². The molecule has 0 amide bonds. The molecule has 1 atom stereocenters. The molecule has 0 spiro atoms. The van der Waals surface area contributed by atoms with Gasteiger partial charge in [-0.3, -0.25) is 0 Å². The first-order valence-corrected chi connectivity index (χ1v) is 6.66. The zero-order valence-electron chi connectivity index (χ0n) is 10.6. The van der Waals surface area contributed by atoms with Gasteiger partial charge in [-0.05, 0) is 27.0 Å². The largest absolute Gasteiger partial charge is 0.350 e. The summed E-state index contributed by atoms with van der Waals surface area (Å²) in [4.78, 5) is 8.84. The minimum atomic E-state index is -0.0858. The molecule has 0 aromatic rings. The van der Waals surface area contributed by atoms with E-state index in [0.717, 1.165) is 12.3 Å². The number of hydrogen-bond acceptors (Lipinski definition) is 6. The summed E-state index contributed by atoms with van der Waals surface area (Å²) in [6.07, 6.45) is 2.81. The molecule has 5 nitrogen and oxygen atoms in total. The smallest absolute Gasteiger partial charge is 0.217 e. The number of nitrogens with zero attached hydrogens (tertiary/aromatic N) is 3. The molecule has 0 radical (unpaired) electrons. The average molecular weight is 243 g/mol. The van der Waals surface area contributed by atoms with Gasteiger partial charge in [0, 0.05) is 12.0 Å². The Hall–Kier alpha value is -0.750. The molecule has 0 aromatic heterocycles. The Balaban J connectivity index is 2.89. The van der Waals surface area contributed by atoms with Crippen LogP contribution >= 0.6 is 11.8 Å². The summed E-state index contributed by atoms with van der Waals surface area (Å²) in [7, 11) is 0. The molecule has 0 bridgehead atoms. The number of thioether (sulfide) groups is 1. The molecule has 6 heteroatoms. The zero-order valence-corrected chi connectivity index (χ0v) is 11.4. The van der Waals surface area contributed by atoms with Gasteiger partial charge in [0.15, 0.2) is 5.50 Å². The van der Waals surface area contributed by atoms with E-state index in [0.29, 0.717) is 5.96 Å². The number of guanidine groups is 1. The Morgan fingerprint density at radius 3 is 2.56 bits per heavy atom. The number of amidine groups is 1. The summed E-state index contributed by atoms with van der Waals surface area (Å²) in [6.45, 7) is 8.28. The quantitative estimate of drug-likeness (QED) is 0.719. The van der Waals surface area contributed by atoms with Gasteiger partial charge in [0.1, 0.15) is 5.84 Å². The van der Waals surface area contributed by atoms with E-state index in [2.05, 4.69) is 36.1 Å². The second-order valence-corrected chi connectivity index (χ2v) is 5.57. The molecule has 92 valence electrons. The van der Waals surface area contributed by atoms with Crippen LogP contribution in [0.1, 0.15) is 34.1 Å². The van der Waals surface area contributed by atoms with Crippen LogP contribution in [0.15, 0.2) is 9.98 Å². The summed E-state index contributed by atoms with van der Waals surface area (Å²) < 4.78 is 0. The fourth-order valence-corrected chi connectivity index (χ4v) is 1.82. The highest BCUT2D eigenvalue weighted by Crippen LogP contribution is 2.17. The van der Waals surface area contributed by atoms with Crippen LogP contribution in [0.5, 0.6) is 0 Å². The van der Waals surface area contributed by atoms with E-state index < -0.39 is 0 Å². The van der Waals surface area contributed by atoms with Crippen molar-refractivity contribution in [3.05, 3.63) is 0 Å². The van der Waals surface area contributed by atoms with Gasteiger partial charge in [-0.2, -0.15) is 4.99 Å². The van der Waals surface area contributed by atoms with Gasteiger partial charge < -0.3 is 5.32 Å². The van der Waals surface area contributed by atoms with Gasteiger partial charge >= 0.3 is 0 Å². The SMILES string of the molecule is CCC1=NC(SC)N(N)C(NC(C)(C)C)=N1. The molecule has 0 aromatic carbocycles. The lowest BCUT2D eigenvalue weighted by Crippen LogP contribution is -2.56. The second kappa shape index (κ2) is 5.05. The first-order chi connectivity index (χ1) is 7.37. The van der Waals surface area contributed by atoms with Crippen LogP contribution in [0.4, 0.5) is 0 Å². The van der Waals surface area contributed by atoms with E-state index in [-0.39, 0.29) is 11.0 Å². The molecule has 1 aliphatic rings. The maximum Gasteiger partial charge on any atom is 0.217 e. The van der Waals surface area contributed by atoms with Crippen LogP contribution in [-0.4, -0.2) is 34.1 Å². The number of rotatable bonds is 2. The van der Waals surface area contributed by atoms with Crippen molar-refractivity contribution >= 4 is 23.6 Å². The standard InChI is InChI=1S/C10H21N5S/c1-6-7-12-8(14-10(2,3)4)15(11)9(13-7)16-5/h9H,6,11H2,1-5H3,(H,12,13,14). The van der Waals surface area contributed by atoms with Gasteiger partial charge in [-0.15, -0.1) is 11.8 Å². The summed E-state index contributed by atoms with van der Waals surface area (Å²) in [6, 6.07) is 0. The Bertz CT molecular complexity index is 305. The summed E-state index contributed by atoms with van der Waals surface area (Å²) in [5.74, 6) is 7.50. The van der Waals surface area contributed by atoms with Crippen LogP contribution in [0, 0.1) is 0 Å².